The summed E-state index contributed by atoms with van der Waals surface area (Å²) in [6.07, 6.45) is -4.38. The van der Waals surface area contributed by atoms with Crippen LogP contribution >= 0.6 is 31.9 Å². The van der Waals surface area contributed by atoms with Crippen molar-refractivity contribution in [2.24, 2.45) is 0 Å². The first-order valence-corrected chi connectivity index (χ1v) is 6.74. The van der Waals surface area contributed by atoms with Crippen LogP contribution < -0.4 is 4.74 Å². The van der Waals surface area contributed by atoms with Crippen molar-refractivity contribution in [2.45, 2.75) is 6.18 Å². The minimum atomic E-state index is -4.38. The number of hydrogen-bond acceptors (Lipinski definition) is 1. The van der Waals surface area contributed by atoms with Crippen molar-refractivity contribution < 1.29 is 17.9 Å². The van der Waals surface area contributed by atoms with Crippen LogP contribution in [0.25, 0.3) is 0 Å². The fourth-order valence-corrected chi connectivity index (χ4v) is 2.71. The fourth-order valence-electron chi connectivity index (χ4n) is 1.46. The average molecular weight is 396 g/mol. The summed E-state index contributed by atoms with van der Waals surface area (Å²) in [5.41, 5.74) is -0.737. The molecule has 2 aromatic rings. The van der Waals surface area contributed by atoms with E-state index in [4.69, 9.17) is 4.74 Å². The van der Waals surface area contributed by atoms with Crippen LogP contribution in [0.4, 0.5) is 13.2 Å². The molecule has 0 saturated carbocycles. The van der Waals surface area contributed by atoms with Crippen LogP contribution in [-0.2, 0) is 6.18 Å². The van der Waals surface area contributed by atoms with E-state index < -0.39 is 11.7 Å². The van der Waals surface area contributed by atoms with E-state index in [1.165, 1.54) is 12.1 Å². The van der Waals surface area contributed by atoms with E-state index in [2.05, 4.69) is 31.9 Å². The molecule has 6 heteroatoms. The van der Waals surface area contributed by atoms with E-state index in [1.54, 1.807) is 18.2 Å². The molecule has 0 heterocycles. The largest absolute Gasteiger partial charge is 0.457 e. The molecule has 0 bridgehead atoms. The summed E-state index contributed by atoms with van der Waals surface area (Å²) in [7, 11) is 0. The highest BCUT2D eigenvalue weighted by molar-refractivity contribution is 9.11. The highest BCUT2D eigenvalue weighted by Gasteiger charge is 2.30. The first kappa shape index (κ1) is 14.4. The molecule has 0 radical (unpaired) electrons. The lowest BCUT2D eigenvalue weighted by molar-refractivity contribution is -0.137. The molecule has 0 saturated heterocycles. The Hall–Kier alpha value is -1.01. The van der Waals surface area contributed by atoms with Gasteiger partial charge in [0.05, 0.1) is 5.56 Å². The van der Waals surface area contributed by atoms with Gasteiger partial charge in [-0.25, -0.2) is 0 Å². The zero-order valence-electron chi connectivity index (χ0n) is 9.34. The molecule has 1 nitrogen and oxygen atoms in total. The lowest BCUT2D eigenvalue weighted by Crippen LogP contribution is -2.04. The first-order valence-electron chi connectivity index (χ1n) is 5.16. The number of ether oxygens (including phenoxy) is 1. The SMILES string of the molecule is FC(F)(F)c1cccc(Oc2cc(Br)cc(Br)c2)c1. The molecule has 0 atom stereocenters. The van der Waals surface area contributed by atoms with E-state index in [9.17, 15) is 13.2 Å². The second kappa shape index (κ2) is 5.54. The summed E-state index contributed by atoms with van der Waals surface area (Å²) < 4.78 is 44.6. The van der Waals surface area contributed by atoms with Gasteiger partial charge in [0.1, 0.15) is 11.5 Å². The average Bonchev–Trinajstić information content (AvgIpc) is 2.26. The smallest absolute Gasteiger partial charge is 0.416 e. The molecule has 0 N–H and O–H groups in total. The highest BCUT2D eigenvalue weighted by Crippen LogP contribution is 2.33. The standard InChI is InChI=1S/C13H7Br2F3O/c14-9-5-10(15)7-12(6-9)19-11-3-1-2-8(4-11)13(16,17)18/h1-7H. The molecule has 2 rings (SSSR count). The summed E-state index contributed by atoms with van der Waals surface area (Å²) in [4.78, 5) is 0. The van der Waals surface area contributed by atoms with Crippen molar-refractivity contribution in [3.8, 4) is 11.5 Å². The third-order valence-electron chi connectivity index (χ3n) is 2.23. The number of hydrogen-bond donors (Lipinski definition) is 0. The summed E-state index contributed by atoms with van der Waals surface area (Å²) >= 11 is 6.57. The van der Waals surface area contributed by atoms with Gasteiger partial charge in [-0.3, -0.25) is 0 Å². The topological polar surface area (TPSA) is 9.23 Å². The van der Waals surface area contributed by atoms with Gasteiger partial charge in [0.2, 0.25) is 0 Å². The monoisotopic (exact) mass is 394 g/mol. The Morgan fingerprint density at radius 2 is 1.47 bits per heavy atom. The molecule has 0 fully saturated rings. The normalized spacial score (nSPS) is 11.4. The van der Waals surface area contributed by atoms with Crippen molar-refractivity contribution in [3.05, 3.63) is 57.0 Å². The van der Waals surface area contributed by atoms with Gasteiger partial charge in [0.15, 0.2) is 0 Å². The number of halogens is 5. The molecule has 0 spiro atoms. The van der Waals surface area contributed by atoms with Gasteiger partial charge in [-0.15, -0.1) is 0 Å². The maximum Gasteiger partial charge on any atom is 0.416 e. The summed E-state index contributed by atoms with van der Waals surface area (Å²) in [6.45, 7) is 0. The maximum absolute atomic E-state index is 12.6. The van der Waals surface area contributed by atoms with Crippen molar-refractivity contribution in [1.29, 1.82) is 0 Å². The van der Waals surface area contributed by atoms with Crippen LogP contribution in [0.15, 0.2) is 51.4 Å². The quantitative estimate of drug-likeness (QED) is 0.603. The molecule has 2 aromatic carbocycles. The third kappa shape index (κ3) is 3.98. The van der Waals surface area contributed by atoms with E-state index in [-0.39, 0.29) is 5.75 Å². The van der Waals surface area contributed by atoms with Gasteiger partial charge in [-0.2, -0.15) is 13.2 Å². The summed E-state index contributed by atoms with van der Waals surface area (Å²) in [5, 5.41) is 0. The summed E-state index contributed by atoms with van der Waals surface area (Å²) in [6, 6.07) is 9.91. The van der Waals surface area contributed by atoms with Crippen LogP contribution in [-0.4, -0.2) is 0 Å². The molecule has 0 amide bonds. The van der Waals surface area contributed by atoms with Crippen molar-refractivity contribution in [3.63, 3.8) is 0 Å². The molecule has 0 aliphatic heterocycles. The minimum absolute atomic E-state index is 0.139. The third-order valence-corrected chi connectivity index (χ3v) is 3.15. The van der Waals surface area contributed by atoms with Crippen LogP contribution in [0.3, 0.4) is 0 Å². The van der Waals surface area contributed by atoms with Gasteiger partial charge in [-0.05, 0) is 36.4 Å². The van der Waals surface area contributed by atoms with E-state index in [0.717, 1.165) is 21.1 Å². The van der Waals surface area contributed by atoms with E-state index >= 15 is 0 Å². The fraction of sp³-hybridized carbons (Fsp3) is 0.0769. The van der Waals surface area contributed by atoms with Crippen molar-refractivity contribution in [1.82, 2.24) is 0 Å². The second-order valence-electron chi connectivity index (χ2n) is 3.73. The highest BCUT2D eigenvalue weighted by atomic mass is 79.9. The Labute approximate surface area is 124 Å². The molecule has 0 aliphatic carbocycles. The molecule has 0 aliphatic rings. The molecule has 0 aromatic heterocycles. The Morgan fingerprint density at radius 1 is 0.842 bits per heavy atom. The molecule has 19 heavy (non-hydrogen) atoms. The summed E-state index contributed by atoms with van der Waals surface area (Å²) in [5.74, 6) is 0.584. The zero-order chi connectivity index (χ0) is 14.0. The van der Waals surface area contributed by atoms with Gasteiger partial charge in [0, 0.05) is 8.95 Å². The molecular formula is C13H7Br2F3O. The molecular weight excluding hydrogens is 389 g/mol. The Morgan fingerprint density at radius 3 is 2.05 bits per heavy atom. The predicted octanol–water partition coefficient (Wildman–Crippen LogP) is 6.02. The molecule has 0 unspecified atom stereocenters. The van der Waals surface area contributed by atoms with Crippen LogP contribution in [0, 0.1) is 0 Å². The zero-order valence-corrected chi connectivity index (χ0v) is 12.5. The number of benzene rings is 2. The van der Waals surface area contributed by atoms with Gasteiger partial charge in [0.25, 0.3) is 0 Å². The van der Waals surface area contributed by atoms with Crippen LogP contribution in [0.2, 0.25) is 0 Å². The lowest BCUT2D eigenvalue weighted by Gasteiger charge is -2.10. The van der Waals surface area contributed by atoms with E-state index in [1.807, 2.05) is 0 Å². The predicted molar refractivity (Wildman–Crippen MR) is 73.4 cm³/mol. The number of alkyl halides is 3. The van der Waals surface area contributed by atoms with E-state index in [0.29, 0.717) is 5.75 Å². The molecule has 100 valence electrons. The first-order chi connectivity index (χ1) is 8.84. The van der Waals surface area contributed by atoms with Gasteiger partial charge in [-0.1, -0.05) is 37.9 Å². The Balaban J connectivity index is 2.28. The Kier molecular flexibility index (Phi) is 4.20. The lowest BCUT2D eigenvalue weighted by atomic mass is 10.2. The van der Waals surface area contributed by atoms with Gasteiger partial charge < -0.3 is 4.74 Å². The second-order valence-corrected chi connectivity index (χ2v) is 5.56. The Bertz CT molecular complexity index is 576. The van der Waals surface area contributed by atoms with Crippen molar-refractivity contribution in [2.75, 3.05) is 0 Å². The minimum Gasteiger partial charge on any atom is -0.457 e. The van der Waals surface area contributed by atoms with Crippen LogP contribution in [0.1, 0.15) is 5.56 Å². The van der Waals surface area contributed by atoms with Crippen LogP contribution in [0.5, 0.6) is 11.5 Å². The maximum atomic E-state index is 12.6. The number of rotatable bonds is 2. The van der Waals surface area contributed by atoms with Gasteiger partial charge >= 0.3 is 6.18 Å². The van der Waals surface area contributed by atoms with Crippen molar-refractivity contribution >= 4 is 31.9 Å².